The Morgan fingerprint density at radius 3 is 2.78 bits per heavy atom. The highest BCUT2D eigenvalue weighted by Crippen LogP contribution is 2.48. The maximum atomic E-state index is 14.4. The summed E-state index contributed by atoms with van der Waals surface area (Å²) >= 11 is 0. The summed E-state index contributed by atoms with van der Waals surface area (Å²) < 4.78 is 22.3. The molecule has 3 fully saturated rings. The molecule has 2 aromatic heterocycles. The number of ether oxygens (including phenoxy) is 1. The van der Waals surface area contributed by atoms with Crippen molar-refractivity contribution < 1.29 is 13.9 Å². The van der Waals surface area contributed by atoms with E-state index in [0.717, 1.165) is 0 Å². The summed E-state index contributed by atoms with van der Waals surface area (Å²) in [5.74, 6) is 0.249. The van der Waals surface area contributed by atoms with Crippen molar-refractivity contribution >= 4 is 17.5 Å². The lowest BCUT2D eigenvalue weighted by Crippen LogP contribution is -2.51. The zero-order valence-corrected chi connectivity index (χ0v) is 17.2. The van der Waals surface area contributed by atoms with E-state index in [1.807, 2.05) is 4.90 Å². The first-order valence-corrected chi connectivity index (χ1v) is 10.7. The zero-order chi connectivity index (χ0) is 21.9. The van der Waals surface area contributed by atoms with E-state index in [1.165, 1.54) is 18.6 Å². The molecule has 162 valence electrons. The van der Waals surface area contributed by atoms with Crippen LogP contribution in [-0.4, -0.2) is 55.3 Å². The second-order valence-corrected chi connectivity index (χ2v) is 8.46. The van der Waals surface area contributed by atoms with E-state index >= 15 is 0 Å². The van der Waals surface area contributed by atoms with Gasteiger partial charge in [-0.2, -0.15) is 14.9 Å². The van der Waals surface area contributed by atoms with Crippen molar-refractivity contribution in [2.45, 2.75) is 43.6 Å². The van der Waals surface area contributed by atoms with Gasteiger partial charge in [-0.15, -0.1) is 0 Å². The maximum absolute atomic E-state index is 14.4. The van der Waals surface area contributed by atoms with E-state index in [9.17, 15) is 14.4 Å². The number of nitriles is 1. The molecule has 0 radical (unpaired) electrons. The third kappa shape index (κ3) is 2.64. The van der Waals surface area contributed by atoms with Crippen LogP contribution in [0.4, 0.5) is 10.3 Å². The Morgan fingerprint density at radius 1 is 1.19 bits per heavy atom. The molecule has 9 nitrogen and oxygen atoms in total. The number of anilines is 1. The van der Waals surface area contributed by atoms with Gasteiger partial charge in [0.15, 0.2) is 11.2 Å². The Hall–Kier alpha value is -3.58. The molecular formula is C22H20FN7O2. The molecular weight excluding hydrogens is 413 g/mol. The summed E-state index contributed by atoms with van der Waals surface area (Å²) in [6.45, 7) is 1.09. The van der Waals surface area contributed by atoms with Gasteiger partial charge in [-0.05, 0) is 18.9 Å². The number of halogens is 1. The number of fused-ring (bicyclic) bond motifs is 2. The Morgan fingerprint density at radius 2 is 2.00 bits per heavy atom. The van der Waals surface area contributed by atoms with E-state index in [4.69, 9.17) is 4.74 Å². The number of rotatable bonds is 2. The highest BCUT2D eigenvalue weighted by Gasteiger charge is 2.58. The van der Waals surface area contributed by atoms with Gasteiger partial charge in [-0.1, -0.05) is 18.2 Å². The second kappa shape index (κ2) is 6.97. The van der Waals surface area contributed by atoms with Crippen LogP contribution in [0, 0.1) is 17.1 Å². The van der Waals surface area contributed by atoms with E-state index in [0.29, 0.717) is 61.5 Å². The van der Waals surface area contributed by atoms with Crippen molar-refractivity contribution in [3.8, 4) is 6.07 Å². The quantitative estimate of drug-likeness (QED) is 0.611. The van der Waals surface area contributed by atoms with Crippen molar-refractivity contribution in [3.05, 3.63) is 53.7 Å². The Labute approximate surface area is 183 Å². The topological polar surface area (TPSA) is 99.7 Å². The van der Waals surface area contributed by atoms with Gasteiger partial charge in [-0.25, -0.2) is 14.4 Å². The van der Waals surface area contributed by atoms with Crippen LogP contribution in [0.1, 0.15) is 42.9 Å². The van der Waals surface area contributed by atoms with E-state index in [2.05, 4.69) is 21.1 Å². The van der Waals surface area contributed by atoms with Gasteiger partial charge in [0, 0.05) is 31.5 Å². The fourth-order valence-electron chi connectivity index (χ4n) is 5.26. The van der Waals surface area contributed by atoms with Gasteiger partial charge in [0.05, 0.1) is 12.2 Å². The Bertz CT molecular complexity index is 1260. The summed E-state index contributed by atoms with van der Waals surface area (Å²) in [7, 11) is 0. The van der Waals surface area contributed by atoms with E-state index < -0.39 is 5.60 Å². The van der Waals surface area contributed by atoms with E-state index in [-0.39, 0.29) is 24.0 Å². The SMILES string of the molecule is N#Cc1cnc(N2CCC3(CC2)O[C@@H]2CC[C@@H](c4ccccc4F)N2C3=O)n2ncnc12. The van der Waals surface area contributed by atoms with Crippen LogP contribution >= 0.6 is 0 Å². The molecule has 0 bridgehead atoms. The molecule has 0 aliphatic carbocycles. The molecule has 6 rings (SSSR count). The van der Waals surface area contributed by atoms with Gasteiger partial charge >= 0.3 is 0 Å². The smallest absolute Gasteiger partial charge is 0.257 e. The molecule has 0 N–H and O–H groups in total. The third-order valence-corrected chi connectivity index (χ3v) is 6.84. The number of carbonyl (C=O) groups is 1. The van der Waals surface area contributed by atoms with Gasteiger partial charge in [0.2, 0.25) is 5.95 Å². The molecule has 32 heavy (non-hydrogen) atoms. The molecule has 10 heteroatoms. The van der Waals surface area contributed by atoms with Gasteiger partial charge in [-0.3, -0.25) is 4.79 Å². The summed E-state index contributed by atoms with van der Waals surface area (Å²) in [5, 5.41) is 13.5. The highest BCUT2D eigenvalue weighted by atomic mass is 19.1. The summed E-state index contributed by atoms with van der Waals surface area (Å²) in [5.41, 5.74) is 0.476. The zero-order valence-electron chi connectivity index (χ0n) is 17.2. The van der Waals surface area contributed by atoms with Crippen LogP contribution in [-0.2, 0) is 9.53 Å². The molecule has 1 aromatic carbocycles. The number of amides is 1. The number of piperidine rings is 1. The van der Waals surface area contributed by atoms with Crippen molar-refractivity contribution in [2.24, 2.45) is 0 Å². The lowest BCUT2D eigenvalue weighted by Gasteiger charge is -2.37. The monoisotopic (exact) mass is 433 g/mol. The normalized spacial score (nSPS) is 24.3. The number of benzene rings is 1. The Balaban J connectivity index is 1.24. The lowest BCUT2D eigenvalue weighted by atomic mass is 9.89. The minimum absolute atomic E-state index is 0.0495. The third-order valence-electron chi connectivity index (χ3n) is 6.84. The largest absolute Gasteiger partial charge is 0.342 e. The summed E-state index contributed by atoms with van der Waals surface area (Å²) in [6.07, 6.45) is 4.98. The number of aromatic nitrogens is 4. The first-order valence-electron chi connectivity index (χ1n) is 10.7. The van der Waals surface area contributed by atoms with Crippen LogP contribution in [0.5, 0.6) is 0 Å². The molecule has 0 saturated carbocycles. The molecule has 5 heterocycles. The molecule has 0 unspecified atom stereocenters. The van der Waals surface area contributed by atoms with Crippen molar-refractivity contribution in [2.75, 3.05) is 18.0 Å². The average Bonchev–Trinajstić information content (AvgIpc) is 3.51. The summed E-state index contributed by atoms with van der Waals surface area (Å²) in [6, 6.07) is 8.44. The fourth-order valence-corrected chi connectivity index (χ4v) is 5.26. The average molecular weight is 433 g/mol. The molecule has 3 aliphatic heterocycles. The maximum Gasteiger partial charge on any atom is 0.257 e. The number of nitrogens with zero attached hydrogens (tertiary/aromatic N) is 7. The van der Waals surface area contributed by atoms with Crippen LogP contribution < -0.4 is 4.90 Å². The van der Waals surface area contributed by atoms with Crippen molar-refractivity contribution in [1.82, 2.24) is 24.5 Å². The van der Waals surface area contributed by atoms with Gasteiger partial charge < -0.3 is 14.5 Å². The first kappa shape index (κ1) is 19.1. The van der Waals surface area contributed by atoms with Gasteiger partial charge in [0.1, 0.15) is 30.0 Å². The van der Waals surface area contributed by atoms with Crippen molar-refractivity contribution in [1.29, 1.82) is 5.26 Å². The molecule has 2 atom stereocenters. The molecule has 3 saturated heterocycles. The predicted octanol–water partition coefficient (Wildman–Crippen LogP) is 2.19. The van der Waals surface area contributed by atoms with Gasteiger partial charge in [0.25, 0.3) is 5.91 Å². The minimum atomic E-state index is -0.890. The molecule has 1 spiro atoms. The Kier molecular flexibility index (Phi) is 4.16. The van der Waals surface area contributed by atoms with Crippen LogP contribution in [0.15, 0.2) is 36.8 Å². The lowest BCUT2D eigenvalue weighted by molar-refractivity contribution is -0.140. The minimum Gasteiger partial charge on any atom is -0.342 e. The standard InChI is InChI=1S/C22H20FN7O2/c23-16-4-2-1-3-15(16)17-5-6-18-29(17)20(31)22(32-18)7-9-28(10-8-22)21-25-12-14(11-24)19-26-13-27-30(19)21/h1-4,12-13,17-18H,5-10H2/t17-,18+/m0/s1. The van der Waals surface area contributed by atoms with E-state index in [1.54, 1.807) is 27.6 Å². The highest BCUT2D eigenvalue weighted by molar-refractivity contribution is 5.88. The first-order chi connectivity index (χ1) is 15.6. The fraction of sp³-hybridized carbons (Fsp3) is 0.409. The molecule has 3 aromatic rings. The van der Waals surface area contributed by atoms with Crippen LogP contribution in [0.2, 0.25) is 0 Å². The summed E-state index contributed by atoms with van der Waals surface area (Å²) in [4.78, 5) is 25.9. The second-order valence-electron chi connectivity index (χ2n) is 8.46. The number of carbonyl (C=O) groups excluding carboxylic acids is 1. The predicted molar refractivity (Wildman–Crippen MR) is 110 cm³/mol. The van der Waals surface area contributed by atoms with Crippen molar-refractivity contribution in [3.63, 3.8) is 0 Å². The molecule has 3 aliphatic rings. The number of hydrogen-bond donors (Lipinski definition) is 0. The number of hydrogen-bond acceptors (Lipinski definition) is 7. The van der Waals surface area contributed by atoms with Crippen LogP contribution in [0.3, 0.4) is 0 Å². The molecule has 1 amide bonds. The van der Waals surface area contributed by atoms with Crippen LogP contribution in [0.25, 0.3) is 5.65 Å².